The van der Waals surface area contributed by atoms with E-state index < -0.39 is 0 Å². The molecule has 2 rings (SSSR count). The number of thioether (sulfide) groups is 1. The molecule has 3 N–H and O–H groups in total. The SMILES string of the molecule is CC1(CNC(=O)c2cccc(N)n2)CCCS1. The fourth-order valence-corrected chi connectivity index (χ4v) is 3.16. The van der Waals surface area contributed by atoms with Crippen LogP contribution >= 0.6 is 11.8 Å². The van der Waals surface area contributed by atoms with E-state index in [-0.39, 0.29) is 10.7 Å². The Morgan fingerprint density at radius 1 is 1.65 bits per heavy atom. The number of pyridine rings is 1. The Morgan fingerprint density at radius 2 is 2.47 bits per heavy atom. The summed E-state index contributed by atoms with van der Waals surface area (Å²) in [5.74, 6) is 1.41. The minimum Gasteiger partial charge on any atom is -0.384 e. The molecular formula is C12H17N3OS. The molecule has 1 fully saturated rings. The fraction of sp³-hybridized carbons (Fsp3) is 0.500. The zero-order chi connectivity index (χ0) is 12.3. The summed E-state index contributed by atoms with van der Waals surface area (Å²) in [6.45, 7) is 2.88. The fourth-order valence-electron chi connectivity index (χ4n) is 1.91. The van der Waals surface area contributed by atoms with Crippen molar-refractivity contribution in [3.8, 4) is 0 Å². The van der Waals surface area contributed by atoms with Crippen LogP contribution < -0.4 is 11.1 Å². The second-order valence-corrected chi connectivity index (χ2v) is 6.21. The number of aromatic nitrogens is 1. The Balaban J connectivity index is 1.93. The number of carbonyl (C=O) groups is 1. The third-order valence-electron chi connectivity index (χ3n) is 2.93. The minimum absolute atomic E-state index is 0.147. The van der Waals surface area contributed by atoms with Gasteiger partial charge in [-0.3, -0.25) is 4.79 Å². The number of hydrogen-bond acceptors (Lipinski definition) is 4. The van der Waals surface area contributed by atoms with Gasteiger partial charge in [-0.1, -0.05) is 6.07 Å². The topological polar surface area (TPSA) is 68.0 Å². The van der Waals surface area contributed by atoms with Gasteiger partial charge in [-0.25, -0.2) is 4.98 Å². The molecule has 1 unspecified atom stereocenters. The van der Waals surface area contributed by atoms with Gasteiger partial charge in [0, 0.05) is 11.3 Å². The van der Waals surface area contributed by atoms with Gasteiger partial charge >= 0.3 is 0 Å². The molecule has 1 aromatic rings. The van der Waals surface area contributed by atoms with Crippen LogP contribution in [0.5, 0.6) is 0 Å². The minimum atomic E-state index is -0.147. The predicted molar refractivity (Wildman–Crippen MR) is 71.1 cm³/mol. The quantitative estimate of drug-likeness (QED) is 0.857. The largest absolute Gasteiger partial charge is 0.384 e. The maximum absolute atomic E-state index is 11.9. The van der Waals surface area contributed by atoms with E-state index in [0.29, 0.717) is 18.1 Å². The summed E-state index contributed by atoms with van der Waals surface area (Å²) >= 11 is 1.93. The number of amides is 1. The first-order valence-electron chi connectivity index (χ1n) is 5.74. The van der Waals surface area contributed by atoms with Gasteiger partial charge in [-0.15, -0.1) is 0 Å². The summed E-state index contributed by atoms with van der Waals surface area (Å²) in [7, 11) is 0. The number of nitrogens with zero attached hydrogens (tertiary/aromatic N) is 1. The Bertz CT molecular complexity index is 416. The molecule has 0 radical (unpaired) electrons. The van der Waals surface area contributed by atoms with Crippen LogP contribution in [-0.2, 0) is 0 Å². The second-order valence-electron chi connectivity index (χ2n) is 4.53. The van der Waals surface area contributed by atoms with Gasteiger partial charge in [0.25, 0.3) is 5.91 Å². The molecule has 0 spiro atoms. The van der Waals surface area contributed by atoms with Crippen LogP contribution in [0.25, 0.3) is 0 Å². The summed E-state index contributed by atoms with van der Waals surface area (Å²) in [5, 5.41) is 2.93. The molecule has 0 saturated carbocycles. The van der Waals surface area contributed by atoms with E-state index in [4.69, 9.17) is 5.73 Å². The first-order valence-corrected chi connectivity index (χ1v) is 6.72. The van der Waals surface area contributed by atoms with Crippen molar-refractivity contribution >= 4 is 23.5 Å². The Hall–Kier alpha value is -1.23. The molecule has 0 bridgehead atoms. The summed E-state index contributed by atoms with van der Waals surface area (Å²) in [5.41, 5.74) is 5.93. The zero-order valence-electron chi connectivity index (χ0n) is 9.90. The Morgan fingerprint density at radius 3 is 3.12 bits per heavy atom. The lowest BCUT2D eigenvalue weighted by molar-refractivity contribution is 0.0945. The molecule has 1 amide bonds. The maximum Gasteiger partial charge on any atom is 0.270 e. The maximum atomic E-state index is 11.9. The number of carbonyl (C=O) groups excluding carboxylic acids is 1. The van der Waals surface area contributed by atoms with Crippen molar-refractivity contribution in [2.24, 2.45) is 0 Å². The molecule has 0 aliphatic carbocycles. The molecule has 2 heterocycles. The van der Waals surface area contributed by atoms with Crippen molar-refractivity contribution in [1.82, 2.24) is 10.3 Å². The third-order valence-corrected chi connectivity index (χ3v) is 4.46. The highest BCUT2D eigenvalue weighted by Crippen LogP contribution is 2.36. The lowest BCUT2D eigenvalue weighted by atomic mass is 10.1. The van der Waals surface area contributed by atoms with Crippen molar-refractivity contribution in [1.29, 1.82) is 0 Å². The van der Waals surface area contributed by atoms with Gasteiger partial charge in [0.15, 0.2) is 0 Å². The lowest BCUT2D eigenvalue weighted by Gasteiger charge is -2.22. The van der Waals surface area contributed by atoms with Gasteiger partial charge in [0.1, 0.15) is 11.5 Å². The van der Waals surface area contributed by atoms with E-state index in [1.165, 1.54) is 12.2 Å². The van der Waals surface area contributed by atoms with E-state index in [2.05, 4.69) is 17.2 Å². The zero-order valence-corrected chi connectivity index (χ0v) is 10.7. The van der Waals surface area contributed by atoms with E-state index in [0.717, 1.165) is 6.42 Å². The highest BCUT2D eigenvalue weighted by Gasteiger charge is 2.29. The first kappa shape index (κ1) is 12.2. The summed E-state index contributed by atoms with van der Waals surface area (Å²) < 4.78 is 0.177. The molecule has 1 aliphatic rings. The van der Waals surface area contributed by atoms with Crippen LogP contribution in [-0.4, -0.2) is 27.9 Å². The van der Waals surface area contributed by atoms with Crippen LogP contribution in [0.3, 0.4) is 0 Å². The molecule has 1 aromatic heterocycles. The highest BCUT2D eigenvalue weighted by molar-refractivity contribution is 8.00. The Kier molecular flexibility index (Phi) is 3.57. The molecule has 1 saturated heterocycles. The van der Waals surface area contributed by atoms with Gasteiger partial charge in [-0.05, 0) is 37.7 Å². The standard InChI is InChI=1S/C12H17N3OS/c1-12(6-3-7-17-12)8-14-11(16)9-4-2-5-10(13)15-9/h2,4-5H,3,6-8H2,1H3,(H2,13,15)(H,14,16). The average molecular weight is 251 g/mol. The van der Waals surface area contributed by atoms with Crippen molar-refractivity contribution in [2.75, 3.05) is 18.0 Å². The van der Waals surface area contributed by atoms with E-state index in [9.17, 15) is 4.79 Å². The number of nitrogens with two attached hydrogens (primary N) is 1. The van der Waals surface area contributed by atoms with Crippen LogP contribution in [0.4, 0.5) is 5.82 Å². The van der Waals surface area contributed by atoms with Crippen molar-refractivity contribution in [2.45, 2.75) is 24.5 Å². The van der Waals surface area contributed by atoms with Crippen LogP contribution in [0.15, 0.2) is 18.2 Å². The normalized spacial score (nSPS) is 23.6. The van der Waals surface area contributed by atoms with Gasteiger partial charge < -0.3 is 11.1 Å². The molecular weight excluding hydrogens is 234 g/mol. The summed E-state index contributed by atoms with van der Waals surface area (Å²) in [6.07, 6.45) is 2.38. The third kappa shape index (κ3) is 3.12. The highest BCUT2D eigenvalue weighted by atomic mass is 32.2. The molecule has 17 heavy (non-hydrogen) atoms. The van der Waals surface area contributed by atoms with Gasteiger partial charge in [0.05, 0.1) is 0 Å². The number of nitrogen functional groups attached to an aromatic ring is 1. The molecule has 1 aliphatic heterocycles. The number of hydrogen-bond donors (Lipinski definition) is 2. The smallest absolute Gasteiger partial charge is 0.270 e. The molecule has 0 aromatic carbocycles. The van der Waals surface area contributed by atoms with Gasteiger partial charge in [-0.2, -0.15) is 11.8 Å². The van der Waals surface area contributed by atoms with Crippen molar-refractivity contribution in [3.63, 3.8) is 0 Å². The molecule has 5 heteroatoms. The molecule has 4 nitrogen and oxygen atoms in total. The first-order chi connectivity index (χ1) is 8.09. The second kappa shape index (κ2) is 4.96. The predicted octanol–water partition coefficient (Wildman–Crippen LogP) is 1.68. The van der Waals surface area contributed by atoms with Gasteiger partial charge in [0.2, 0.25) is 0 Å². The summed E-state index contributed by atoms with van der Waals surface area (Å²) in [4.78, 5) is 15.9. The molecule has 1 atom stereocenters. The number of nitrogens with one attached hydrogen (secondary N) is 1. The van der Waals surface area contributed by atoms with Crippen LogP contribution in [0.2, 0.25) is 0 Å². The van der Waals surface area contributed by atoms with Crippen LogP contribution in [0.1, 0.15) is 30.3 Å². The van der Waals surface area contributed by atoms with Crippen LogP contribution in [0, 0.1) is 0 Å². The number of rotatable bonds is 3. The van der Waals surface area contributed by atoms with Crippen molar-refractivity contribution in [3.05, 3.63) is 23.9 Å². The number of anilines is 1. The van der Waals surface area contributed by atoms with E-state index >= 15 is 0 Å². The van der Waals surface area contributed by atoms with Crippen molar-refractivity contribution < 1.29 is 4.79 Å². The van der Waals surface area contributed by atoms with E-state index in [1.54, 1.807) is 18.2 Å². The summed E-state index contributed by atoms with van der Waals surface area (Å²) in [6, 6.07) is 5.09. The monoisotopic (exact) mass is 251 g/mol. The lowest BCUT2D eigenvalue weighted by Crippen LogP contribution is -2.37. The molecule has 92 valence electrons. The van der Waals surface area contributed by atoms with E-state index in [1.807, 2.05) is 11.8 Å². The average Bonchev–Trinajstić information content (AvgIpc) is 2.74. The Labute approximate surface area is 105 Å².